The van der Waals surface area contributed by atoms with Gasteiger partial charge in [0.05, 0.1) is 5.69 Å². The molecule has 0 saturated carbocycles. The van der Waals surface area contributed by atoms with Crippen LogP contribution in [-0.2, 0) is 10.0 Å². The summed E-state index contributed by atoms with van der Waals surface area (Å²) in [7, 11) is 0.114. The standard InChI is InChI=1S/C17H19BN2O11S/c18-17(27,28)16(25,26)15(23,24)14(22)20-11-6-9(8-21)7-12(32(19,29)30)13(11)31-10-4-2-1-3-5-10/h1-8,14,20,22-28H,(H2,19,29,30). The number of aldehydes is 1. The molecule has 0 aliphatic rings. The lowest BCUT2D eigenvalue weighted by Crippen LogP contribution is -2.73. The summed E-state index contributed by atoms with van der Waals surface area (Å²) in [6.45, 7) is 0. The van der Waals surface area contributed by atoms with Gasteiger partial charge in [0.1, 0.15) is 16.9 Å². The van der Waals surface area contributed by atoms with Gasteiger partial charge in [-0.3, -0.25) is 4.79 Å². The highest BCUT2D eigenvalue weighted by molar-refractivity contribution is 7.89. The monoisotopic (exact) mass is 470 g/mol. The third-order valence-electron chi connectivity index (χ3n) is 4.18. The fourth-order valence-electron chi connectivity index (χ4n) is 2.43. The lowest BCUT2D eigenvalue weighted by molar-refractivity contribution is -0.442. The molecule has 0 spiro atoms. The molecule has 15 heteroatoms. The molecule has 0 aromatic heterocycles. The number of rotatable bonds is 9. The fourth-order valence-corrected chi connectivity index (χ4v) is 3.14. The van der Waals surface area contributed by atoms with E-state index in [-0.39, 0.29) is 17.6 Å². The van der Waals surface area contributed by atoms with Gasteiger partial charge in [-0.05, 0) is 24.3 Å². The lowest BCUT2D eigenvalue weighted by Gasteiger charge is -2.43. The number of para-hydroxylation sites is 1. The van der Waals surface area contributed by atoms with Crippen LogP contribution in [0.1, 0.15) is 10.4 Å². The first-order valence-corrected chi connectivity index (χ1v) is 10.0. The Balaban J connectivity index is 2.64. The summed E-state index contributed by atoms with van der Waals surface area (Å²) in [5, 5.41) is 74.7. The van der Waals surface area contributed by atoms with E-state index < -0.39 is 49.8 Å². The average Bonchev–Trinajstić information content (AvgIpc) is 2.67. The molecule has 1 atom stereocenters. The van der Waals surface area contributed by atoms with Crippen LogP contribution < -0.4 is 15.2 Å². The van der Waals surface area contributed by atoms with Crippen molar-refractivity contribution in [3.8, 4) is 11.5 Å². The van der Waals surface area contributed by atoms with Crippen molar-refractivity contribution in [3.63, 3.8) is 0 Å². The molecule has 0 bridgehead atoms. The number of ether oxygens (including phenoxy) is 1. The Kier molecular flexibility index (Phi) is 7.01. The second kappa shape index (κ2) is 8.74. The normalized spacial score (nSPS) is 14.0. The first-order chi connectivity index (χ1) is 14.5. The van der Waals surface area contributed by atoms with Crippen LogP contribution in [0.5, 0.6) is 11.5 Å². The molecular formula is C17H19BN2O11S. The van der Waals surface area contributed by atoms with Crippen molar-refractivity contribution in [1.29, 1.82) is 0 Å². The van der Waals surface area contributed by atoms with Crippen molar-refractivity contribution >= 4 is 29.8 Å². The third kappa shape index (κ3) is 5.07. The zero-order chi connectivity index (χ0) is 24.5. The fraction of sp³-hybridized carbons (Fsp3) is 0.235. The van der Waals surface area contributed by atoms with Gasteiger partial charge >= 0.3 is 0 Å². The van der Waals surface area contributed by atoms with Crippen LogP contribution in [-0.4, -0.2) is 81.8 Å². The molecule has 172 valence electrons. The predicted molar refractivity (Wildman–Crippen MR) is 107 cm³/mol. The molecule has 1 unspecified atom stereocenters. The van der Waals surface area contributed by atoms with E-state index >= 15 is 0 Å². The highest BCUT2D eigenvalue weighted by atomic mass is 32.2. The quantitative estimate of drug-likeness (QED) is 0.100. The molecule has 2 radical (unpaired) electrons. The Morgan fingerprint density at radius 1 is 1.06 bits per heavy atom. The van der Waals surface area contributed by atoms with Gasteiger partial charge in [0.15, 0.2) is 25.5 Å². The molecule has 2 rings (SSSR count). The van der Waals surface area contributed by atoms with Crippen molar-refractivity contribution in [2.45, 2.75) is 28.4 Å². The number of hydrogen-bond donors (Lipinski definition) is 9. The van der Waals surface area contributed by atoms with Crippen molar-refractivity contribution < 1.29 is 53.7 Å². The van der Waals surface area contributed by atoms with Crippen LogP contribution in [0.25, 0.3) is 0 Å². The van der Waals surface area contributed by atoms with E-state index in [1.54, 1.807) is 6.07 Å². The van der Waals surface area contributed by atoms with Gasteiger partial charge in [-0.1, -0.05) is 18.2 Å². The van der Waals surface area contributed by atoms with Crippen LogP contribution in [0.3, 0.4) is 0 Å². The number of anilines is 1. The molecule has 10 N–H and O–H groups in total. The number of aliphatic hydroxyl groups excluding tert-OH is 1. The van der Waals surface area contributed by atoms with Crippen molar-refractivity contribution in [1.82, 2.24) is 0 Å². The third-order valence-corrected chi connectivity index (χ3v) is 5.10. The number of hydrogen-bond acceptors (Lipinski definition) is 12. The highest BCUT2D eigenvalue weighted by Gasteiger charge is 2.62. The van der Waals surface area contributed by atoms with Crippen molar-refractivity contribution in [2.24, 2.45) is 5.14 Å². The molecule has 0 fully saturated rings. The van der Waals surface area contributed by atoms with E-state index in [1.165, 1.54) is 24.3 Å². The van der Waals surface area contributed by atoms with Crippen molar-refractivity contribution in [3.05, 3.63) is 48.0 Å². The van der Waals surface area contributed by atoms with Crippen LogP contribution >= 0.6 is 0 Å². The molecule has 0 aliphatic carbocycles. The maximum Gasteiger partial charge on any atom is 0.269 e. The topological polar surface area (TPSA) is 240 Å². The number of nitrogens with one attached hydrogen (secondary N) is 1. The molecule has 0 saturated heterocycles. The van der Waals surface area contributed by atoms with Gasteiger partial charge in [0, 0.05) is 5.56 Å². The van der Waals surface area contributed by atoms with Gasteiger partial charge in [0.25, 0.3) is 11.6 Å². The summed E-state index contributed by atoms with van der Waals surface area (Å²) in [4.78, 5) is 10.5. The smallest absolute Gasteiger partial charge is 0.269 e. The number of benzene rings is 2. The minimum Gasteiger partial charge on any atom is -0.454 e. The maximum absolute atomic E-state index is 12.1. The van der Waals surface area contributed by atoms with E-state index in [9.17, 15) is 49.0 Å². The summed E-state index contributed by atoms with van der Waals surface area (Å²) in [6, 6.07) is 9.18. The zero-order valence-electron chi connectivity index (χ0n) is 16.0. The molecule has 13 nitrogen and oxygen atoms in total. The summed E-state index contributed by atoms with van der Waals surface area (Å²) in [5.41, 5.74) is -4.97. The van der Waals surface area contributed by atoms with Gasteiger partial charge in [-0.25, -0.2) is 13.6 Å². The summed E-state index contributed by atoms with van der Waals surface area (Å²) >= 11 is 0. The van der Waals surface area contributed by atoms with E-state index in [1.807, 2.05) is 5.32 Å². The van der Waals surface area contributed by atoms with E-state index in [4.69, 9.17) is 9.88 Å². The molecule has 2 aromatic carbocycles. The predicted octanol–water partition coefficient (Wildman–Crippen LogP) is -3.16. The van der Waals surface area contributed by atoms with Crippen LogP contribution in [0, 0.1) is 0 Å². The largest absolute Gasteiger partial charge is 0.454 e. The first-order valence-electron chi connectivity index (χ1n) is 8.49. The molecule has 32 heavy (non-hydrogen) atoms. The molecule has 0 aliphatic heterocycles. The van der Waals surface area contributed by atoms with E-state index in [0.717, 1.165) is 12.1 Å². The minimum atomic E-state index is -4.56. The molecule has 2 aromatic rings. The Morgan fingerprint density at radius 3 is 2.09 bits per heavy atom. The second-order valence-corrected chi connectivity index (χ2v) is 8.17. The number of carbonyl (C=O) groups excluding carboxylic acids is 1. The van der Waals surface area contributed by atoms with Gasteiger partial charge in [-0.2, -0.15) is 0 Å². The Morgan fingerprint density at radius 2 is 1.62 bits per heavy atom. The van der Waals surface area contributed by atoms with Gasteiger partial charge in [0.2, 0.25) is 10.0 Å². The Bertz CT molecular complexity index is 1090. The van der Waals surface area contributed by atoms with Gasteiger partial charge in [-0.15, -0.1) is 0 Å². The van der Waals surface area contributed by atoms with E-state index in [0.29, 0.717) is 0 Å². The number of primary sulfonamides is 1. The first kappa shape index (κ1) is 25.7. The average molecular weight is 470 g/mol. The van der Waals surface area contributed by atoms with Crippen LogP contribution in [0.15, 0.2) is 47.4 Å². The van der Waals surface area contributed by atoms with Crippen LogP contribution in [0.2, 0.25) is 0 Å². The van der Waals surface area contributed by atoms with Gasteiger partial charge < -0.3 is 45.8 Å². The van der Waals surface area contributed by atoms with Crippen molar-refractivity contribution in [2.75, 3.05) is 5.32 Å². The molecule has 0 heterocycles. The summed E-state index contributed by atoms with van der Waals surface area (Å²) in [6.07, 6.45) is -2.70. The summed E-state index contributed by atoms with van der Waals surface area (Å²) < 4.78 is 29.6. The SMILES string of the molecule is [B]C(O)(O)C(O)(O)C(O)(O)C(O)Nc1cc(C=O)cc(S(N)(=O)=O)c1Oc1ccccc1. The van der Waals surface area contributed by atoms with E-state index in [2.05, 4.69) is 7.85 Å². The highest BCUT2D eigenvalue weighted by Crippen LogP contribution is 2.38. The Labute approximate surface area is 182 Å². The number of aliphatic hydroxyl groups is 7. The number of nitrogens with two attached hydrogens (primary N) is 1. The number of carbonyl (C=O) groups is 1. The summed E-state index contributed by atoms with van der Waals surface area (Å²) in [5.74, 6) is -9.11. The number of sulfonamides is 1. The second-order valence-electron chi connectivity index (χ2n) is 6.65. The zero-order valence-corrected chi connectivity index (χ0v) is 16.8. The van der Waals surface area contributed by atoms with Crippen LogP contribution in [0.4, 0.5) is 5.69 Å². The minimum absolute atomic E-state index is 0.0541. The maximum atomic E-state index is 12.1. The molecular weight excluding hydrogens is 451 g/mol. The molecule has 0 amide bonds. The Hall–Kier alpha value is -2.60. The lowest BCUT2D eigenvalue weighted by atomic mass is 9.81.